The topological polar surface area (TPSA) is 25.2 Å². The van der Waals surface area contributed by atoms with Gasteiger partial charge in [0.15, 0.2) is 0 Å². The monoisotopic (exact) mass is 395 g/mol. The van der Waals surface area contributed by atoms with Crippen molar-refractivity contribution in [2.75, 3.05) is 6.54 Å². The van der Waals surface area contributed by atoms with Gasteiger partial charge in [0.1, 0.15) is 11.5 Å². The minimum Gasteiger partial charge on any atom is -0.460 e. The van der Waals surface area contributed by atoms with E-state index in [2.05, 4.69) is 17.4 Å². The van der Waals surface area contributed by atoms with Crippen molar-refractivity contribution >= 4 is 35.6 Å². The lowest BCUT2D eigenvalue weighted by atomic mass is 10.1. The molecule has 5 heteroatoms. The molecule has 0 aliphatic carbocycles. The minimum atomic E-state index is 0. The highest BCUT2D eigenvalue weighted by molar-refractivity contribution is 6.31. The molecule has 0 saturated heterocycles. The van der Waals surface area contributed by atoms with Crippen LogP contribution in [0, 0.1) is 6.92 Å². The SMILES string of the molecule is Cc1c(Cl)cccc1-c1ccc(CNCCc2ccc(Cl)cc2)o1.Cl. The van der Waals surface area contributed by atoms with Crippen molar-refractivity contribution in [1.82, 2.24) is 5.32 Å². The number of rotatable bonds is 6. The molecule has 0 aliphatic rings. The van der Waals surface area contributed by atoms with Crippen molar-refractivity contribution in [3.05, 3.63) is 81.5 Å². The average Bonchev–Trinajstić information content (AvgIpc) is 3.04. The fourth-order valence-corrected chi connectivity index (χ4v) is 2.89. The van der Waals surface area contributed by atoms with Crippen molar-refractivity contribution in [2.45, 2.75) is 19.9 Å². The van der Waals surface area contributed by atoms with Crippen LogP contribution < -0.4 is 5.32 Å². The molecule has 0 fully saturated rings. The highest BCUT2D eigenvalue weighted by atomic mass is 35.5. The van der Waals surface area contributed by atoms with Crippen molar-refractivity contribution < 1.29 is 4.42 Å². The summed E-state index contributed by atoms with van der Waals surface area (Å²) in [6, 6.07) is 17.8. The molecule has 0 spiro atoms. The normalized spacial score (nSPS) is 10.5. The lowest BCUT2D eigenvalue weighted by molar-refractivity contribution is 0.494. The summed E-state index contributed by atoms with van der Waals surface area (Å²) in [7, 11) is 0. The number of hydrogen-bond acceptors (Lipinski definition) is 2. The van der Waals surface area contributed by atoms with Gasteiger partial charge in [-0.05, 0) is 61.3 Å². The fourth-order valence-electron chi connectivity index (χ4n) is 2.59. The summed E-state index contributed by atoms with van der Waals surface area (Å²) in [5.41, 5.74) is 3.34. The van der Waals surface area contributed by atoms with Gasteiger partial charge in [-0.15, -0.1) is 12.4 Å². The minimum absolute atomic E-state index is 0. The Labute approximate surface area is 164 Å². The molecular weight excluding hydrogens is 377 g/mol. The fraction of sp³-hybridized carbons (Fsp3) is 0.200. The van der Waals surface area contributed by atoms with Crippen LogP contribution in [0.25, 0.3) is 11.3 Å². The van der Waals surface area contributed by atoms with E-state index in [0.29, 0.717) is 6.54 Å². The smallest absolute Gasteiger partial charge is 0.134 e. The molecule has 3 rings (SSSR count). The van der Waals surface area contributed by atoms with E-state index in [4.69, 9.17) is 27.6 Å². The molecule has 132 valence electrons. The Balaban J connectivity index is 0.00000225. The van der Waals surface area contributed by atoms with Gasteiger partial charge in [-0.2, -0.15) is 0 Å². The molecule has 25 heavy (non-hydrogen) atoms. The van der Waals surface area contributed by atoms with Crippen LogP contribution in [0.5, 0.6) is 0 Å². The molecule has 0 bridgehead atoms. The molecule has 2 nitrogen and oxygen atoms in total. The third-order valence-corrected chi connectivity index (χ3v) is 4.66. The van der Waals surface area contributed by atoms with E-state index < -0.39 is 0 Å². The summed E-state index contributed by atoms with van der Waals surface area (Å²) in [6.45, 7) is 3.59. The lowest BCUT2D eigenvalue weighted by Gasteiger charge is -2.05. The summed E-state index contributed by atoms with van der Waals surface area (Å²) < 4.78 is 5.93. The number of halogens is 3. The van der Waals surface area contributed by atoms with Crippen molar-refractivity contribution in [2.24, 2.45) is 0 Å². The van der Waals surface area contributed by atoms with Gasteiger partial charge in [-0.1, -0.05) is 47.5 Å². The molecule has 1 heterocycles. The van der Waals surface area contributed by atoms with Gasteiger partial charge in [0, 0.05) is 15.6 Å². The third kappa shape index (κ3) is 5.26. The lowest BCUT2D eigenvalue weighted by Crippen LogP contribution is -2.16. The number of furan rings is 1. The number of hydrogen-bond donors (Lipinski definition) is 1. The zero-order chi connectivity index (χ0) is 16.9. The first-order chi connectivity index (χ1) is 11.6. The number of benzene rings is 2. The zero-order valence-corrected chi connectivity index (χ0v) is 16.2. The largest absolute Gasteiger partial charge is 0.460 e. The van der Waals surface area contributed by atoms with E-state index in [-0.39, 0.29) is 12.4 Å². The summed E-state index contributed by atoms with van der Waals surface area (Å²) >= 11 is 12.1. The van der Waals surface area contributed by atoms with E-state index in [0.717, 1.165) is 45.7 Å². The second-order valence-electron chi connectivity index (χ2n) is 5.73. The Morgan fingerprint density at radius 2 is 1.72 bits per heavy atom. The number of nitrogens with one attached hydrogen (secondary N) is 1. The highest BCUT2D eigenvalue weighted by Gasteiger charge is 2.09. The van der Waals surface area contributed by atoms with Crippen LogP contribution in [0.15, 0.2) is 59.0 Å². The van der Waals surface area contributed by atoms with Crippen molar-refractivity contribution in [1.29, 1.82) is 0 Å². The molecule has 1 N–H and O–H groups in total. The van der Waals surface area contributed by atoms with Crippen LogP contribution in [0.3, 0.4) is 0 Å². The van der Waals surface area contributed by atoms with E-state index in [9.17, 15) is 0 Å². The highest BCUT2D eigenvalue weighted by Crippen LogP contribution is 2.29. The van der Waals surface area contributed by atoms with Crippen molar-refractivity contribution in [3.63, 3.8) is 0 Å². The molecule has 0 radical (unpaired) electrons. The van der Waals surface area contributed by atoms with Gasteiger partial charge < -0.3 is 9.73 Å². The standard InChI is InChI=1S/C20H19Cl2NO.ClH/c1-14-18(3-2-4-19(14)22)20-10-9-17(24-20)13-23-12-11-15-5-7-16(21)8-6-15;/h2-10,23H,11-13H2,1H3;1H. The summed E-state index contributed by atoms with van der Waals surface area (Å²) in [5, 5.41) is 4.93. The first-order valence-electron chi connectivity index (χ1n) is 7.93. The summed E-state index contributed by atoms with van der Waals surface area (Å²) in [6.07, 6.45) is 0.956. The van der Waals surface area contributed by atoms with E-state index in [1.807, 2.05) is 49.4 Å². The van der Waals surface area contributed by atoms with Crippen LogP contribution >= 0.6 is 35.6 Å². The Kier molecular flexibility index (Phi) is 7.39. The average molecular weight is 397 g/mol. The quantitative estimate of drug-likeness (QED) is 0.493. The molecule has 2 aromatic carbocycles. The maximum Gasteiger partial charge on any atom is 0.134 e. The summed E-state index contributed by atoms with van der Waals surface area (Å²) in [4.78, 5) is 0. The van der Waals surface area contributed by atoms with Crippen LogP contribution in [0.2, 0.25) is 10.0 Å². The molecule has 0 amide bonds. The van der Waals surface area contributed by atoms with Crippen LogP contribution in [0.4, 0.5) is 0 Å². The predicted molar refractivity (Wildman–Crippen MR) is 108 cm³/mol. The first-order valence-corrected chi connectivity index (χ1v) is 8.68. The molecule has 1 aromatic heterocycles. The Morgan fingerprint density at radius 1 is 0.960 bits per heavy atom. The molecular formula is C20H20Cl3NO. The van der Waals surface area contributed by atoms with Crippen LogP contribution in [-0.2, 0) is 13.0 Å². The van der Waals surface area contributed by atoms with Gasteiger partial charge in [0.25, 0.3) is 0 Å². The summed E-state index contributed by atoms with van der Waals surface area (Å²) in [5.74, 6) is 1.77. The molecule has 3 aromatic rings. The van der Waals surface area contributed by atoms with Gasteiger partial charge in [-0.3, -0.25) is 0 Å². The van der Waals surface area contributed by atoms with Crippen molar-refractivity contribution in [3.8, 4) is 11.3 Å². The molecule has 0 atom stereocenters. The Morgan fingerprint density at radius 3 is 2.48 bits per heavy atom. The Bertz CT molecular complexity index is 812. The van der Waals surface area contributed by atoms with E-state index in [1.54, 1.807) is 0 Å². The van der Waals surface area contributed by atoms with Gasteiger partial charge in [0.2, 0.25) is 0 Å². The van der Waals surface area contributed by atoms with Gasteiger partial charge in [-0.25, -0.2) is 0 Å². The van der Waals surface area contributed by atoms with Crippen LogP contribution in [0.1, 0.15) is 16.9 Å². The van der Waals surface area contributed by atoms with Crippen LogP contribution in [-0.4, -0.2) is 6.54 Å². The second-order valence-corrected chi connectivity index (χ2v) is 6.58. The predicted octanol–water partition coefficient (Wildman–Crippen LogP) is 6.32. The third-order valence-electron chi connectivity index (χ3n) is 4.00. The Hall–Kier alpha value is -1.45. The maximum absolute atomic E-state index is 6.18. The first kappa shape index (κ1) is 19.9. The molecule has 0 saturated carbocycles. The zero-order valence-electron chi connectivity index (χ0n) is 13.9. The molecule has 0 unspecified atom stereocenters. The van der Waals surface area contributed by atoms with E-state index in [1.165, 1.54) is 5.56 Å². The maximum atomic E-state index is 6.18. The second kappa shape index (κ2) is 9.30. The molecule has 0 aliphatic heterocycles. The van der Waals surface area contributed by atoms with Gasteiger partial charge in [0.05, 0.1) is 6.54 Å². The van der Waals surface area contributed by atoms with Gasteiger partial charge >= 0.3 is 0 Å². The van der Waals surface area contributed by atoms with E-state index >= 15 is 0 Å².